The highest BCUT2D eigenvalue weighted by Gasteiger charge is 2.12. The van der Waals surface area contributed by atoms with Crippen molar-refractivity contribution in [3.63, 3.8) is 0 Å². The predicted octanol–water partition coefficient (Wildman–Crippen LogP) is 0.274. The van der Waals surface area contributed by atoms with E-state index < -0.39 is 6.10 Å². The Morgan fingerprint density at radius 3 is 2.83 bits per heavy atom. The Labute approximate surface area is 111 Å². The van der Waals surface area contributed by atoms with Crippen LogP contribution in [-0.4, -0.2) is 50.9 Å². The lowest BCUT2D eigenvalue weighted by atomic mass is 10.0. The van der Waals surface area contributed by atoms with Crippen molar-refractivity contribution in [2.75, 3.05) is 19.8 Å². The highest BCUT2D eigenvalue weighted by Crippen LogP contribution is 2.06. The number of nitrogens with zero attached hydrogens (tertiary/aromatic N) is 2. The first-order valence-corrected chi connectivity index (χ1v) is 6.77. The number of hydrogen-bond acceptors (Lipinski definition) is 7. The molecule has 3 N–H and O–H groups in total. The minimum absolute atomic E-state index is 0.0144. The number of ether oxygens (including phenoxy) is 1. The molecule has 1 heterocycles. The molecule has 0 aromatic carbocycles. The van der Waals surface area contributed by atoms with Gasteiger partial charge in [-0.2, -0.15) is 4.37 Å². The van der Waals surface area contributed by atoms with E-state index in [9.17, 15) is 10.2 Å². The zero-order chi connectivity index (χ0) is 13.4. The summed E-state index contributed by atoms with van der Waals surface area (Å²) in [7, 11) is 0. The second-order valence-corrected chi connectivity index (χ2v) is 5.18. The summed E-state index contributed by atoms with van der Waals surface area (Å²) in [6.45, 7) is 4.81. The molecule has 1 aromatic heterocycles. The second-order valence-electron chi connectivity index (χ2n) is 4.63. The third-order valence-electron chi connectivity index (χ3n) is 2.38. The molecule has 0 saturated carbocycles. The van der Waals surface area contributed by atoms with Crippen molar-refractivity contribution in [3.05, 3.63) is 6.20 Å². The molecular weight excluding hydrogens is 254 g/mol. The molecule has 0 saturated heterocycles. The van der Waals surface area contributed by atoms with Gasteiger partial charge >= 0.3 is 0 Å². The van der Waals surface area contributed by atoms with Gasteiger partial charge in [-0.3, -0.25) is 0 Å². The lowest BCUT2D eigenvalue weighted by Crippen LogP contribution is -2.40. The summed E-state index contributed by atoms with van der Waals surface area (Å²) in [6.07, 6.45) is 1.76. The van der Waals surface area contributed by atoms with E-state index in [1.807, 2.05) is 0 Å². The van der Waals surface area contributed by atoms with Crippen molar-refractivity contribution in [3.8, 4) is 5.88 Å². The monoisotopic (exact) mass is 275 g/mol. The summed E-state index contributed by atoms with van der Waals surface area (Å²) in [5.41, 5.74) is 0. The fraction of sp³-hybridized carbons (Fsp3) is 0.818. The smallest absolute Gasteiger partial charge is 0.245 e. The van der Waals surface area contributed by atoms with Crippen LogP contribution < -0.4 is 10.1 Å². The van der Waals surface area contributed by atoms with Crippen LogP contribution in [0.3, 0.4) is 0 Å². The predicted molar refractivity (Wildman–Crippen MR) is 69.7 cm³/mol. The Bertz CT molecular complexity index is 308. The molecule has 0 fully saturated rings. The average molecular weight is 275 g/mol. The van der Waals surface area contributed by atoms with Crippen LogP contribution in [0.1, 0.15) is 20.3 Å². The van der Waals surface area contributed by atoms with Gasteiger partial charge in [-0.15, -0.1) is 4.37 Å². The van der Waals surface area contributed by atoms with Crippen LogP contribution in [0.5, 0.6) is 5.88 Å². The van der Waals surface area contributed by atoms with Crippen molar-refractivity contribution in [2.45, 2.75) is 32.4 Å². The first kappa shape index (κ1) is 15.3. The van der Waals surface area contributed by atoms with E-state index in [4.69, 9.17) is 4.74 Å². The van der Waals surface area contributed by atoms with Gasteiger partial charge in [0.25, 0.3) is 0 Å². The summed E-state index contributed by atoms with van der Waals surface area (Å²) >= 11 is 1.06. The second kappa shape index (κ2) is 8.36. The quantitative estimate of drug-likeness (QED) is 0.600. The van der Waals surface area contributed by atoms with E-state index in [0.29, 0.717) is 18.3 Å². The fourth-order valence-corrected chi connectivity index (χ4v) is 1.92. The normalized spacial score (nSPS) is 14.7. The average Bonchev–Trinajstić information content (AvgIpc) is 2.84. The molecule has 18 heavy (non-hydrogen) atoms. The fourth-order valence-electron chi connectivity index (χ4n) is 1.55. The molecule has 1 aromatic rings. The summed E-state index contributed by atoms with van der Waals surface area (Å²) < 4.78 is 12.9. The van der Waals surface area contributed by atoms with Crippen LogP contribution in [0.25, 0.3) is 0 Å². The van der Waals surface area contributed by atoms with E-state index >= 15 is 0 Å². The summed E-state index contributed by atoms with van der Waals surface area (Å²) in [5.74, 6) is 0.934. The van der Waals surface area contributed by atoms with E-state index in [2.05, 4.69) is 27.9 Å². The number of nitrogens with one attached hydrogen (secondary N) is 1. The number of rotatable bonds is 9. The lowest BCUT2D eigenvalue weighted by Gasteiger charge is -2.20. The van der Waals surface area contributed by atoms with Gasteiger partial charge in [-0.25, -0.2) is 0 Å². The van der Waals surface area contributed by atoms with Crippen LogP contribution in [0.2, 0.25) is 0 Å². The third-order valence-corrected chi connectivity index (χ3v) is 2.84. The molecule has 2 unspecified atom stereocenters. The summed E-state index contributed by atoms with van der Waals surface area (Å²) in [5, 5.41) is 22.0. The maximum absolute atomic E-state index is 9.71. The van der Waals surface area contributed by atoms with Gasteiger partial charge in [0.2, 0.25) is 5.88 Å². The van der Waals surface area contributed by atoms with Crippen molar-refractivity contribution >= 4 is 11.7 Å². The molecule has 104 valence electrons. The van der Waals surface area contributed by atoms with Crippen LogP contribution in [-0.2, 0) is 0 Å². The van der Waals surface area contributed by atoms with Gasteiger partial charge in [0.05, 0.1) is 18.3 Å². The highest BCUT2D eigenvalue weighted by atomic mass is 32.1. The molecule has 1 rings (SSSR count). The van der Waals surface area contributed by atoms with Crippen LogP contribution in [0.15, 0.2) is 6.20 Å². The SMILES string of the molecule is CC(C)CC(CO)NCC(O)COc1cnsn1. The van der Waals surface area contributed by atoms with Gasteiger partial charge in [0.15, 0.2) is 0 Å². The Kier molecular flexibility index (Phi) is 7.11. The van der Waals surface area contributed by atoms with Crippen molar-refractivity contribution in [1.82, 2.24) is 14.1 Å². The molecule has 0 aliphatic heterocycles. The van der Waals surface area contributed by atoms with E-state index in [0.717, 1.165) is 18.1 Å². The number of aromatic nitrogens is 2. The Hall–Kier alpha value is -0.760. The Morgan fingerprint density at radius 2 is 2.28 bits per heavy atom. The standard InChI is InChI=1S/C11H21N3O3S/c1-8(2)3-9(6-15)12-4-10(16)7-17-11-5-13-18-14-11/h5,8-10,12,15-16H,3-4,6-7H2,1-2H3. The van der Waals surface area contributed by atoms with Crippen molar-refractivity contribution in [1.29, 1.82) is 0 Å². The molecule has 0 amide bonds. The Morgan fingerprint density at radius 1 is 1.50 bits per heavy atom. The summed E-state index contributed by atoms with van der Waals surface area (Å²) in [4.78, 5) is 0. The minimum Gasteiger partial charge on any atom is -0.473 e. The van der Waals surface area contributed by atoms with E-state index in [-0.39, 0.29) is 19.3 Å². The van der Waals surface area contributed by atoms with E-state index in [1.165, 1.54) is 6.20 Å². The van der Waals surface area contributed by atoms with Crippen molar-refractivity contribution < 1.29 is 14.9 Å². The van der Waals surface area contributed by atoms with Crippen LogP contribution in [0, 0.1) is 5.92 Å². The molecule has 7 heteroatoms. The molecule has 0 spiro atoms. The van der Waals surface area contributed by atoms with Crippen molar-refractivity contribution in [2.24, 2.45) is 5.92 Å². The van der Waals surface area contributed by atoms with Gasteiger partial charge in [-0.1, -0.05) is 13.8 Å². The van der Waals surface area contributed by atoms with Gasteiger partial charge in [0, 0.05) is 12.6 Å². The highest BCUT2D eigenvalue weighted by molar-refractivity contribution is 6.99. The first-order valence-electron chi connectivity index (χ1n) is 6.04. The molecule has 0 aliphatic carbocycles. The topological polar surface area (TPSA) is 87.5 Å². The van der Waals surface area contributed by atoms with Gasteiger partial charge in [0.1, 0.15) is 18.9 Å². The van der Waals surface area contributed by atoms with Gasteiger partial charge < -0.3 is 20.3 Å². The maximum atomic E-state index is 9.71. The molecular formula is C11H21N3O3S. The molecule has 0 radical (unpaired) electrons. The number of hydrogen-bond donors (Lipinski definition) is 3. The zero-order valence-electron chi connectivity index (χ0n) is 10.7. The third kappa shape index (κ3) is 6.25. The van der Waals surface area contributed by atoms with Crippen LogP contribution >= 0.6 is 11.7 Å². The number of aliphatic hydroxyl groups excluding tert-OH is 2. The minimum atomic E-state index is -0.632. The maximum Gasteiger partial charge on any atom is 0.245 e. The zero-order valence-corrected chi connectivity index (χ0v) is 11.6. The molecule has 0 bridgehead atoms. The van der Waals surface area contributed by atoms with E-state index in [1.54, 1.807) is 0 Å². The molecule has 0 aliphatic rings. The molecule has 6 nitrogen and oxygen atoms in total. The summed E-state index contributed by atoms with van der Waals surface area (Å²) in [6, 6.07) is 0.0144. The van der Waals surface area contributed by atoms with Crippen LogP contribution in [0.4, 0.5) is 0 Å². The largest absolute Gasteiger partial charge is 0.473 e. The van der Waals surface area contributed by atoms with Gasteiger partial charge in [-0.05, 0) is 12.3 Å². The first-order chi connectivity index (χ1) is 8.61. The lowest BCUT2D eigenvalue weighted by molar-refractivity contribution is 0.0964. The Balaban J connectivity index is 2.17. The number of aliphatic hydroxyl groups is 2. The molecule has 2 atom stereocenters.